The quantitative estimate of drug-likeness (QED) is 0.763. The van der Waals surface area contributed by atoms with Crippen LogP contribution in [0.15, 0.2) is 24.3 Å². The third-order valence-electron chi connectivity index (χ3n) is 4.12. The molecule has 1 aliphatic heterocycles. The van der Waals surface area contributed by atoms with E-state index in [2.05, 4.69) is 40.1 Å². The number of carbonyl (C=O) groups is 1. The van der Waals surface area contributed by atoms with Crippen LogP contribution in [-0.2, 0) is 21.4 Å². The van der Waals surface area contributed by atoms with Crippen LogP contribution < -0.4 is 10.0 Å². The summed E-state index contributed by atoms with van der Waals surface area (Å²) in [6.07, 6.45) is 1.80. The summed E-state index contributed by atoms with van der Waals surface area (Å²) in [4.78, 5) is 14.5. The van der Waals surface area contributed by atoms with E-state index < -0.39 is 10.0 Å². The highest BCUT2D eigenvalue weighted by molar-refractivity contribution is 7.89. The highest BCUT2D eigenvalue weighted by Crippen LogP contribution is 2.20. The molecule has 0 aromatic heterocycles. The van der Waals surface area contributed by atoms with Crippen molar-refractivity contribution in [2.75, 3.05) is 25.9 Å². The van der Waals surface area contributed by atoms with Crippen molar-refractivity contribution in [3.8, 4) is 0 Å². The molecule has 128 valence electrons. The number of nitrogens with one attached hydrogen (secondary N) is 2. The van der Waals surface area contributed by atoms with E-state index in [-0.39, 0.29) is 24.2 Å². The SMILES string of the molecule is CNS(=O)(=O)CCNC(=O)C1CCCN1Cc1cccc(C)c1. The van der Waals surface area contributed by atoms with Crippen LogP contribution in [0.3, 0.4) is 0 Å². The molecule has 1 aromatic rings. The third-order valence-corrected chi connectivity index (χ3v) is 5.48. The van der Waals surface area contributed by atoms with Gasteiger partial charge in [-0.05, 0) is 38.9 Å². The van der Waals surface area contributed by atoms with Crippen LogP contribution in [0.1, 0.15) is 24.0 Å². The minimum atomic E-state index is -3.28. The molecule has 0 radical (unpaired) electrons. The van der Waals surface area contributed by atoms with Crippen molar-refractivity contribution in [1.29, 1.82) is 0 Å². The molecule has 0 saturated carbocycles. The number of likely N-dealkylation sites (tertiary alicyclic amines) is 1. The molecule has 1 aromatic carbocycles. The largest absolute Gasteiger partial charge is 0.354 e. The van der Waals surface area contributed by atoms with Crippen LogP contribution in [0.5, 0.6) is 0 Å². The number of sulfonamides is 1. The Kier molecular flexibility index (Phi) is 6.15. The predicted octanol–water partition coefficient (Wildman–Crippen LogP) is 0.625. The number of nitrogens with zero attached hydrogens (tertiary/aromatic N) is 1. The molecular weight excluding hydrogens is 314 g/mol. The summed E-state index contributed by atoms with van der Waals surface area (Å²) in [5, 5.41) is 2.74. The summed E-state index contributed by atoms with van der Waals surface area (Å²) in [6, 6.07) is 8.11. The monoisotopic (exact) mass is 339 g/mol. The lowest BCUT2D eigenvalue weighted by atomic mass is 10.1. The maximum absolute atomic E-state index is 12.3. The first-order valence-corrected chi connectivity index (χ1v) is 9.55. The van der Waals surface area contributed by atoms with Crippen molar-refractivity contribution in [3.05, 3.63) is 35.4 Å². The summed E-state index contributed by atoms with van der Waals surface area (Å²) in [7, 11) is -1.91. The molecule has 1 unspecified atom stereocenters. The van der Waals surface area contributed by atoms with Gasteiger partial charge in [-0.2, -0.15) is 0 Å². The molecule has 1 atom stereocenters. The Balaban J connectivity index is 1.89. The Morgan fingerprint density at radius 2 is 2.17 bits per heavy atom. The molecule has 1 amide bonds. The number of benzene rings is 1. The Morgan fingerprint density at radius 3 is 2.87 bits per heavy atom. The normalized spacial score (nSPS) is 19.0. The molecular formula is C16H25N3O3S. The Labute approximate surface area is 138 Å². The van der Waals surface area contributed by atoms with Crippen molar-refractivity contribution >= 4 is 15.9 Å². The number of amides is 1. The van der Waals surface area contributed by atoms with E-state index in [1.165, 1.54) is 18.2 Å². The van der Waals surface area contributed by atoms with E-state index in [9.17, 15) is 13.2 Å². The molecule has 1 fully saturated rings. The molecule has 6 nitrogen and oxygen atoms in total. The zero-order valence-corrected chi connectivity index (χ0v) is 14.5. The van der Waals surface area contributed by atoms with E-state index in [1.54, 1.807) is 0 Å². The van der Waals surface area contributed by atoms with Crippen LogP contribution >= 0.6 is 0 Å². The van der Waals surface area contributed by atoms with Gasteiger partial charge in [-0.25, -0.2) is 13.1 Å². The zero-order chi connectivity index (χ0) is 16.9. The zero-order valence-electron chi connectivity index (χ0n) is 13.7. The van der Waals surface area contributed by atoms with Crippen LogP contribution in [0, 0.1) is 6.92 Å². The lowest BCUT2D eigenvalue weighted by molar-refractivity contribution is -0.125. The van der Waals surface area contributed by atoms with E-state index in [0.717, 1.165) is 25.9 Å². The second kappa shape index (κ2) is 7.90. The molecule has 0 spiro atoms. The fourth-order valence-corrected chi connectivity index (χ4v) is 3.46. The Bertz CT molecular complexity index is 646. The molecule has 7 heteroatoms. The third kappa shape index (κ3) is 5.30. The van der Waals surface area contributed by atoms with E-state index in [0.29, 0.717) is 0 Å². The lowest BCUT2D eigenvalue weighted by Gasteiger charge is -2.23. The van der Waals surface area contributed by atoms with Gasteiger partial charge < -0.3 is 5.32 Å². The smallest absolute Gasteiger partial charge is 0.237 e. The van der Waals surface area contributed by atoms with Gasteiger partial charge >= 0.3 is 0 Å². The maximum Gasteiger partial charge on any atom is 0.237 e. The fraction of sp³-hybridized carbons (Fsp3) is 0.562. The topological polar surface area (TPSA) is 78.5 Å². The standard InChI is InChI=1S/C16H25N3O3S/c1-13-5-3-6-14(11-13)12-19-9-4-7-15(19)16(20)18-8-10-23(21,22)17-2/h3,5-6,11,15,17H,4,7-10,12H2,1-2H3,(H,18,20). The van der Waals surface area contributed by atoms with Gasteiger partial charge in [-0.3, -0.25) is 9.69 Å². The Morgan fingerprint density at radius 1 is 1.39 bits per heavy atom. The fourth-order valence-electron chi connectivity index (χ4n) is 2.89. The van der Waals surface area contributed by atoms with Crippen molar-refractivity contribution < 1.29 is 13.2 Å². The highest BCUT2D eigenvalue weighted by Gasteiger charge is 2.30. The van der Waals surface area contributed by atoms with E-state index >= 15 is 0 Å². The van der Waals surface area contributed by atoms with Crippen molar-refractivity contribution in [3.63, 3.8) is 0 Å². The van der Waals surface area contributed by atoms with Gasteiger partial charge in [0.25, 0.3) is 0 Å². The van der Waals surface area contributed by atoms with Crippen molar-refractivity contribution in [1.82, 2.24) is 14.9 Å². The number of carbonyl (C=O) groups excluding carboxylic acids is 1. The molecule has 1 saturated heterocycles. The first-order chi connectivity index (χ1) is 10.9. The van der Waals surface area contributed by atoms with Gasteiger partial charge in [0.2, 0.25) is 15.9 Å². The van der Waals surface area contributed by atoms with Crippen LogP contribution in [-0.4, -0.2) is 51.2 Å². The number of aryl methyl sites for hydroxylation is 1. The summed E-state index contributed by atoms with van der Waals surface area (Å²) in [6.45, 7) is 3.83. The number of hydrogen-bond acceptors (Lipinski definition) is 4. The minimum Gasteiger partial charge on any atom is -0.354 e. The van der Waals surface area contributed by atoms with Crippen LogP contribution in [0.2, 0.25) is 0 Å². The molecule has 0 aliphatic carbocycles. The first-order valence-electron chi connectivity index (χ1n) is 7.90. The number of rotatable bonds is 7. The molecule has 0 bridgehead atoms. The molecule has 1 heterocycles. The Hall–Kier alpha value is -1.44. The van der Waals surface area contributed by atoms with Gasteiger partial charge in [-0.1, -0.05) is 29.8 Å². The molecule has 1 aliphatic rings. The van der Waals surface area contributed by atoms with Gasteiger partial charge in [0.15, 0.2) is 0 Å². The summed E-state index contributed by atoms with van der Waals surface area (Å²) in [5.41, 5.74) is 2.41. The van der Waals surface area contributed by atoms with Crippen LogP contribution in [0.4, 0.5) is 0 Å². The predicted molar refractivity (Wildman–Crippen MR) is 90.5 cm³/mol. The van der Waals surface area contributed by atoms with Crippen molar-refractivity contribution in [2.24, 2.45) is 0 Å². The van der Waals surface area contributed by atoms with Gasteiger partial charge in [0.1, 0.15) is 0 Å². The second-order valence-electron chi connectivity index (χ2n) is 5.93. The lowest BCUT2D eigenvalue weighted by Crippen LogP contribution is -2.44. The van der Waals surface area contributed by atoms with Gasteiger partial charge in [0, 0.05) is 13.1 Å². The second-order valence-corrected chi connectivity index (χ2v) is 7.98. The average molecular weight is 339 g/mol. The van der Waals surface area contributed by atoms with E-state index in [1.807, 2.05) is 6.07 Å². The average Bonchev–Trinajstić information content (AvgIpc) is 2.95. The molecule has 23 heavy (non-hydrogen) atoms. The summed E-state index contributed by atoms with van der Waals surface area (Å²) in [5.74, 6) is -0.179. The van der Waals surface area contributed by atoms with Gasteiger partial charge in [0.05, 0.1) is 11.8 Å². The highest BCUT2D eigenvalue weighted by atomic mass is 32.2. The number of hydrogen-bond donors (Lipinski definition) is 2. The molecule has 2 rings (SSSR count). The first kappa shape index (κ1) is 17.9. The van der Waals surface area contributed by atoms with Crippen molar-refractivity contribution in [2.45, 2.75) is 32.4 Å². The summed E-state index contributed by atoms with van der Waals surface area (Å²) >= 11 is 0. The van der Waals surface area contributed by atoms with E-state index in [4.69, 9.17) is 0 Å². The van der Waals surface area contributed by atoms with Gasteiger partial charge in [-0.15, -0.1) is 0 Å². The van der Waals surface area contributed by atoms with Crippen LogP contribution in [0.25, 0.3) is 0 Å². The minimum absolute atomic E-state index is 0.0820. The molecule has 2 N–H and O–H groups in total. The summed E-state index contributed by atoms with van der Waals surface area (Å²) < 4.78 is 25.0. The maximum atomic E-state index is 12.3.